The van der Waals surface area contributed by atoms with Gasteiger partial charge in [-0.3, -0.25) is 9.59 Å². The summed E-state index contributed by atoms with van der Waals surface area (Å²) in [5.41, 5.74) is -0.622. The summed E-state index contributed by atoms with van der Waals surface area (Å²) in [5, 5.41) is 16.0. The van der Waals surface area contributed by atoms with Crippen molar-refractivity contribution in [2.45, 2.75) is 83.2 Å². The van der Waals surface area contributed by atoms with Crippen molar-refractivity contribution in [2.24, 2.45) is 17.3 Å². The zero-order valence-electron chi connectivity index (χ0n) is 23.4. The van der Waals surface area contributed by atoms with Crippen LogP contribution in [0.3, 0.4) is 0 Å². The number of carbonyl (C=O) groups excluding carboxylic acids is 1. The molecule has 3 N–H and O–H groups in total. The lowest BCUT2D eigenvalue weighted by Gasteiger charge is -2.40. The van der Waals surface area contributed by atoms with Gasteiger partial charge in [0.05, 0.1) is 17.0 Å². The molecule has 2 aliphatic rings. The van der Waals surface area contributed by atoms with Crippen LogP contribution in [-0.4, -0.2) is 35.6 Å². The average Bonchev–Trinajstić information content (AvgIpc) is 3.15. The molecule has 4 atom stereocenters. The van der Waals surface area contributed by atoms with Gasteiger partial charge in [0.2, 0.25) is 5.91 Å². The molecule has 0 spiro atoms. The van der Waals surface area contributed by atoms with E-state index in [1.54, 1.807) is 24.3 Å². The summed E-state index contributed by atoms with van der Waals surface area (Å²) in [4.78, 5) is 25.2. The van der Waals surface area contributed by atoms with Crippen LogP contribution in [0.4, 0.5) is 8.78 Å². The van der Waals surface area contributed by atoms with Crippen LogP contribution in [0.15, 0.2) is 36.4 Å². The average molecular weight is 596 g/mol. The molecule has 4 rings (SSSR count). The van der Waals surface area contributed by atoms with Crippen molar-refractivity contribution in [3.05, 3.63) is 69.2 Å². The molecular formula is C31H38Cl2F2N2O3. The monoisotopic (exact) mass is 594 g/mol. The molecule has 1 saturated carbocycles. The molecular weight excluding hydrogens is 557 g/mol. The second-order valence-electron chi connectivity index (χ2n) is 12.8. The third kappa shape index (κ3) is 6.32. The van der Waals surface area contributed by atoms with Gasteiger partial charge < -0.3 is 15.7 Å². The number of aliphatic carboxylic acids is 1. The van der Waals surface area contributed by atoms with E-state index in [4.69, 9.17) is 23.2 Å². The van der Waals surface area contributed by atoms with Gasteiger partial charge in [-0.2, -0.15) is 0 Å². The van der Waals surface area contributed by atoms with Crippen LogP contribution in [0.1, 0.15) is 76.8 Å². The smallest absolute Gasteiger partial charge is 0.306 e. The first-order chi connectivity index (χ1) is 18.7. The summed E-state index contributed by atoms with van der Waals surface area (Å²) in [6, 6.07) is 7.97. The quantitative estimate of drug-likeness (QED) is 0.319. The van der Waals surface area contributed by atoms with Crippen LogP contribution in [0, 0.1) is 28.9 Å². The predicted molar refractivity (Wildman–Crippen MR) is 154 cm³/mol. The summed E-state index contributed by atoms with van der Waals surface area (Å²) >= 11 is 12.3. The lowest BCUT2D eigenvalue weighted by atomic mass is 9.63. The molecule has 1 amide bonds. The molecule has 0 bridgehead atoms. The Morgan fingerprint density at radius 2 is 1.77 bits per heavy atom. The number of benzene rings is 2. The zero-order valence-corrected chi connectivity index (χ0v) is 24.9. The molecule has 40 heavy (non-hydrogen) atoms. The van der Waals surface area contributed by atoms with E-state index >= 15 is 8.78 Å². The summed E-state index contributed by atoms with van der Waals surface area (Å²) in [5.74, 6) is -3.18. The van der Waals surface area contributed by atoms with Gasteiger partial charge in [-0.15, -0.1) is 0 Å². The Morgan fingerprint density at radius 3 is 2.38 bits per heavy atom. The maximum Gasteiger partial charge on any atom is 0.306 e. The second kappa shape index (κ2) is 11.9. The number of halogens is 4. The fourth-order valence-electron chi connectivity index (χ4n) is 6.67. The number of hydrogen-bond acceptors (Lipinski definition) is 3. The van der Waals surface area contributed by atoms with Gasteiger partial charge in [0.15, 0.2) is 0 Å². The van der Waals surface area contributed by atoms with E-state index in [-0.39, 0.29) is 44.8 Å². The third-order valence-electron chi connectivity index (χ3n) is 8.77. The van der Waals surface area contributed by atoms with Gasteiger partial charge in [0, 0.05) is 28.9 Å². The first-order valence-electron chi connectivity index (χ1n) is 13.9. The molecule has 0 aromatic heterocycles. The van der Waals surface area contributed by atoms with E-state index in [9.17, 15) is 14.7 Å². The number of carboxylic acids is 1. The van der Waals surface area contributed by atoms with Gasteiger partial charge in [0.25, 0.3) is 0 Å². The molecule has 218 valence electrons. The summed E-state index contributed by atoms with van der Waals surface area (Å²) in [6.07, 6.45) is 3.17. The molecule has 2 aromatic rings. The molecule has 1 heterocycles. The lowest BCUT2D eigenvalue weighted by Crippen LogP contribution is -2.47. The Kier molecular flexibility index (Phi) is 9.18. The number of nitrogens with one attached hydrogen (secondary N) is 2. The van der Waals surface area contributed by atoms with E-state index in [1.165, 1.54) is 12.1 Å². The van der Waals surface area contributed by atoms with Crippen LogP contribution in [0.25, 0.3) is 0 Å². The topological polar surface area (TPSA) is 78.4 Å². The van der Waals surface area contributed by atoms with E-state index in [1.807, 2.05) is 6.92 Å². The minimum Gasteiger partial charge on any atom is -0.481 e. The Morgan fingerprint density at radius 1 is 1.10 bits per heavy atom. The van der Waals surface area contributed by atoms with Crippen molar-refractivity contribution in [2.75, 3.05) is 6.54 Å². The minimum atomic E-state index is -1.03. The number of carbonyl (C=O) groups is 2. The van der Waals surface area contributed by atoms with E-state index < -0.39 is 35.0 Å². The predicted octanol–water partition coefficient (Wildman–Crippen LogP) is 7.10. The van der Waals surface area contributed by atoms with Crippen LogP contribution in [0.5, 0.6) is 0 Å². The SMILES string of the molecule is CC(C)(C)CC1NC(C(=O)NCC2CCC(C(=O)O)CC2)C(c2cccc(Cl)c2F)C1(C)c1ccc(Cl)cc1F. The van der Waals surface area contributed by atoms with E-state index in [0.717, 1.165) is 0 Å². The molecule has 1 aliphatic heterocycles. The van der Waals surface area contributed by atoms with Crippen LogP contribution in [-0.2, 0) is 15.0 Å². The first-order valence-corrected chi connectivity index (χ1v) is 14.6. The molecule has 5 nitrogen and oxygen atoms in total. The van der Waals surface area contributed by atoms with Gasteiger partial charge in [-0.05, 0) is 72.8 Å². The standard InChI is InChI=1S/C31H38Cl2F2N2O3/c1-30(2,3)15-24-31(4,21-13-12-19(32)14-23(21)34)25(20-6-5-7-22(33)26(20)35)27(37-24)28(38)36-16-17-8-10-18(11-9-17)29(39)40/h5-7,12-14,17-18,24-25,27,37H,8-11,15-16H2,1-4H3,(H,36,38)(H,39,40). The van der Waals surface area contributed by atoms with Crippen molar-refractivity contribution < 1.29 is 23.5 Å². The number of hydrogen-bond donors (Lipinski definition) is 3. The molecule has 4 unspecified atom stereocenters. The van der Waals surface area contributed by atoms with Gasteiger partial charge in [-0.1, -0.05) is 69.1 Å². The van der Waals surface area contributed by atoms with Crippen molar-refractivity contribution in [1.82, 2.24) is 10.6 Å². The highest BCUT2D eigenvalue weighted by Gasteiger charge is 2.57. The summed E-state index contributed by atoms with van der Waals surface area (Å²) < 4.78 is 31.4. The lowest BCUT2D eigenvalue weighted by molar-refractivity contribution is -0.143. The van der Waals surface area contributed by atoms with Crippen molar-refractivity contribution in [1.29, 1.82) is 0 Å². The first kappa shape index (κ1) is 30.7. The fourth-order valence-corrected chi connectivity index (χ4v) is 7.01. The normalized spacial score (nSPS) is 28.9. The Labute approximate surface area is 245 Å². The van der Waals surface area contributed by atoms with E-state index in [2.05, 4.69) is 31.4 Å². The van der Waals surface area contributed by atoms with Gasteiger partial charge >= 0.3 is 5.97 Å². The minimum absolute atomic E-state index is 0.0648. The maximum absolute atomic E-state index is 15.7. The number of carboxylic acid groups (broad SMARTS) is 1. The number of rotatable bonds is 7. The summed E-state index contributed by atoms with van der Waals surface area (Å²) in [7, 11) is 0. The highest BCUT2D eigenvalue weighted by Crippen LogP contribution is 2.52. The fraction of sp³-hybridized carbons (Fsp3) is 0.548. The van der Waals surface area contributed by atoms with Crippen molar-refractivity contribution in [3.8, 4) is 0 Å². The largest absolute Gasteiger partial charge is 0.481 e. The van der Waals surface area contributed by atoms with Crippen LogP contribution in [0.2, 0.25) is 10.0 Å². The molecule has 1 saturated heterocycles. The Hall–Kier alpha value is -2.22. The number of amides is 1. The van der Waals surface area contributed by atoms with Crippen LogP contribution >= 0.6 is 23.2 Å². The Balaban J connectivity index is 1.73. The van der Waals surface area contributed by atoms with Crippen molar-refractivity contribution in [3.63, 3.8) is 0 Å². The maximum atomic E-state index is 15.7. The Bertz CT molecular complexity index is 1260. The third-order valence-corrected chi connectivity index (χ3v) is 9.30. The van der Waals surface area contributed by atoms with Gasteiger partial charge in [-0.25, -0.2) is 8.78 Å². The molecule has 2 aromatic carbocycles. The molecule has 2 fully saturated rings. The summed E-state index contributed by atoms with van der Waals surface area (Å²) in [6.45, 7) is 8.49. The zero-order chi connectivity index (χ0) is 29.4. The van der Waals surface area contributed by atoms with Crippen molar-refractivity contribution >= 4 is 35.1 Å². The van der Waals surface area contributed by atoms with E-state index in [0.29, 0.717) is 44.2 Å². The highest BCUT2D eigenvalue weighted by atomic mass is 35.5. The second-order valence-corrected chi connectivity index (χ2v) is 13.6. The molecule has 9 heteroatoms. The molecule has 1 aliphatic carbocycles. The van der Waals surface area contributed by atoms with Gasteiger partial charge in [0.1, 0.15) is 11.6 Å². The van der Waals surface area contributed by atoms with Crippen LogP contribution < -0.4 is 10.6 Å². The molecule has 0 radical (unpaired) electrons. The highest BCUT2D eigenvalue weighted by molar-refractivity contribution is 6.31.